The van der Waals surface area contributed by atoms with Gasteiger partial charge in [-0.2, -0.15) is 0 Å². The third-order valence-electron chi connectivity index (χ3n) is 5.34. The van der Waals surface area contributed by atoms with Gasteiger partial charge < -0.3 is 0 Å². The molecule has 0 radical (unpaired) electrons. The van der Waals surface area contributed by atoms with E-state index < -0.39 is 0 Å². The van der Waals surface area contributed by atoms with Gasteiger partial charge >= 0.3 is 0 Å². The Kier molecular flexibility index (Phi) is 4.15. The average molecular weight is 300 g/mol. The number of rotatable bonds is 6. The second-order valence-corrected chi connectivity index (χ2v) is 6.83. The molecule has 0 aromatic heterocycles. The predicted molar refractivity (Wildman–Crippen MR) is 99.5 cm³/mol. The maximum atomic E-state index is 2.39. The first-order chi connectivity index (χ1) is 11.4. The van der Waals surface area contributed by atoms with Crippen LogP contribution in [0.4, 0.5) is 0 Å². The highest BCUT2D eigenvalue weighted by Crippen LogP contribution is 2.35. The van der Waals surface area contributed by atoms with Gasteiger partial charge in [-0.15, -0.1) is 0 Å². The number of allylic oxidation sites excluding steroid dienone is 2. The highest BCUT2D eigenvalue weighted by Gasteiger charge is 2.17. The van der Waals surface area contributed by atoms with Crippen molar-refractivity contribution in [3.05, 3.63) is 82.9 Å². The molecule has 4 rings (SSSR count). The minimum atomic E-state index is 0.651. The van der Waals surface area contributed by atoms with Crippen molar-refractivity contribution in [2.75, 3.05) is 0 Å². The summed E-state index contributed by atoms with van der Waals surface area (Å²) in [7, 11) is 0. The minimum Gasteiger partial charge on any atom is -0.0764 e. The van der Waals surface area contributed by atoms with Crippen molar-refractivity contribution in [3.8, 4) is 0 Å². The summed E-state index contributed by atoms with van der Waals surface area (Å²) in [6, 6.07) is 17.7. The SMILES string of the molecule is C1=CC(CCCCCC2C=Cc3ccccc32)c2ccccc21. The van der Waals surface area contributed by atoms with Crippen LogP contribution in [-0.2, 0) is 0 Å². The molecule has 2 atom stereocenters. The molecule has 0 heterocycles. The van der Waals surface area contributed by atoms with Crippen LogP contribution in [0.25, 0.3) is 12.2 Å². The zero-order valence-corrected chi connectivity index (χ0v) is 13.6. The number of hydrogen-bond donors (Lipinski definition) is 0. The number of unbranched alkanes of at least 4 members (excludes halogenated alkanes) is 2. The maximum Gasteiger partial charge on any atom is 0.00272 e. The highest BCUT2D eigenvalue weighted by atomic mass is 14.2. The van der Waals surface area contributed by atoms with Crippen LogP contribution in [0, 0.1) is 0 Å². The van der Waals surface area contributed by atoms with Gasteiger partial charge in [-0.3, -0.25) is 0 Å². The topological polar surface area (TPSA) is 0 Å². The highest BCUT2D eigenvalue weighted by molar-refractivity contribution is 5.62. The molecule has 0 aliphatic heterocycles. The first-order valence-corrected chi connectivity index (χ1v) is 8.96. The van der Waals surface area contributed by atoms with Crippen molar-refractivity contribution in [1.29, 1.82) is 0 Å². The molecule has 0 saturated carbocycles. The smallest absolute Gasteiger partial charge is 0.00272 e. The Morgan fingerprint density at radius 3 is 1.57 bits per heavy atom. The molecule has 0 fully saturated rings. The van der Waals surface area contributed by atoms with E-state index in [1.54, 1.807) is 0 Å². The first-order valence-electron chi connectivity index (χ1n) is 8.96. The van der Waals surface area contributed by atoms with Gasteiger partial charge in [0.25, 0.3) is 0 Å². The van der Waals surface area contributed by atoms with E-state index in [0.29, 0.717) is 11.8 Å². The molecule has 0 nitrogen and oxygen atoms in total. The Hall–Kier alpha value is -2.08. The van der Waals surface area contributed by atoms with Gasteiger partial charge in [0.1, 0.15) is 0 Å². The molecule has 2 unspecified atom stereocenters. The van der Waals surface area contributed by atoms with Crippen LogP contribution in [0.5, 0.6) is 0 Å². The largest absolute Gasteiger partial charge is 0.0764 e. The van der Waals surface area contributed by atoms with Crippen molar-refractivity contribution in [2.45, 2.75) is 43.9 Å². The summed E-state index contributed by atoms with van der Waals surface area (Å²) in [6.45, 7) is 0. The van der Waals surface area contributed by atoms with E-state index in [1.807, 2.05) is 0 Å². The van der Waals surface area contributed by atoms with Gasteiger partial charge in [0, 0.05) is 11.8 Å². The summed E-state index contributed by atoms with van der Waals surface area (Å²) < 4.78 is 0. The summed E-state index contributed by atoms with van der Waals surface area (Å²) in [5, 5.41) is 0. The van der Waals surface area contributed by atoms with Crippen molar-refractivity contribution < 1.29 is 0 Å². The van der Waals surface area contributed by atoms with E-state index in [9.17, 15) is 0 Å². The lowest BCUT2D eigenvalue weighted by atomic mass is 9.92. The standard InChI is InChI=1S/C23H24/c1(2-8-18-14-16-20-10-4-6-12-22(18)20)3-9-19-15-17-21-11-5-7-13-23(19)21/h4-7,10-19H,1-3,8-9H2. The Morgan fingerprint density at radius 2 is 1.04 bits per heavy atom. The van der Waals surface area contributed by atoms with E-state index in [4.69, 9.17) is 0 Å². The fourth-order valence-electron chi connectivity index (χ4n) is 4.06. The van der Waals surface area contributed by atoms with Crippen molar-refractivity contribution in [1.82, 2.24) is 0 Å². The molecule has 0 amide bonds. The second-order valence-electron chi connectivity index (χ2n) is 6.83. The van der Waals surface area contributed by atoms with Crippen LogP contribution in [0.2, 0.25) is 0 Å². The second kappa shape index (κ2) is 6.58. The molecule has 116 valence electrons. The van der Waals surface area contributed by atoms with Crippen LogP contribution in [0.15, 0.2) is 60.7 Å². The van der Waals surface area contributed by atoms with Crippen LogP contribution < -0.4 is 0 Å². The van der Waals surface area contributed by atoms with Gasteiger partial charge in [-0.1, -0.05) is 92.1 Å². The van der Waals surface area contributed by atoms with E-state index >= 15 is 0 Å². The third-order valence-corrected chi connectivity index (χ3v) is 5.34. The molecule has 2 aliphatic carbocycles. The predicted octanol–water partition coefficient (Wildman–Crippen LogP) is 6.56. The zero-order valence-electron chi connectivity index (χ0n) is 13.6. The summed E-state index contributed by atoms with van der Waals surface area (Å²) in [5.41, 5.74) is 5.90. The molecule has 0 N–H and O–H groups in total. The van der Waals surface area contributed by atoms with Crippen LogP contribution in [0.1, 0.15) is 66.2 Å². The Bertz CT molecular complexity index is 672. The molecule has 0 heteroatoms. The molecule has 2 aliphatic rings. The van der Waals surface area contributed by atoms with Crippen molar-refractivity contribution in [3.63, 3.8) is 0 Å². The number of fused-ring (bicyclic) bond motifs is 2. The van der Waals surface area contributed by atoms with E-state index in [-0.39, 0.29) is 0 Å². The molecule has 2 aromatic carbocycles. The summed E-state index contributed by atoms with van der Waals surface area (Å²) in [5.74, 6) is 1.30. The van der Waals surface area contributed by atoms with Gasteiger partial charge in [0.05, 0.1) is 0 Å². The number of benzene rings is 2. The lowest BCUT2D eigenvalue weighted by Gasteiger charge is -2.12. The van der Waals surface area contributed by atoms with Crippen molar-refractivity contribution >= 4 is 12.2 Å². The van der Waals surface area contributed by atoms with Crippen LogP contribution >= 0.6 is 0 Å². The van der Waals surface area contributed by atoms with Gasteiger partial charge in [0.15, 0.2) is 0 Å². The van der Waals surface area contributed by atoms with E-state index in [0.717, 1.165) is 0 Å². The first kappa shape index (κ1) is 14.5. The van der Waals surface area contributed by atoms with E-state index in [1.165, 1.54) is 54.4 Å². The van der Waals surface area contributed by atoms with Crippen LogP contribution in [0.3, 0.4) is 0 Å². The van der Waals surface area contributed by atoms with Gasteiger partial charge in [-0.05, 0) is 35.1 Å². The lowest BCUT2D eigenvalue weighted by Crippen LogP contribution is -1.95. The summed E-state index contributed by atoms with van der Waals surface area (Å²) in [4.78, 5) is 0. The molecule has 2 aromatic rings. The van der Waals surface area contributed by atoms with Gasteiger partial charge in [0.2, 0.25) is 0 Å². The third kappa shape index (κ3) is 3.03. The van der Waals surface area contributed by atoms with E-state index in [2.05, 4.69) is 72.8 Å². The Morgan fingerprint density at radius 1 is 0.565 bits per heavy atom. The number of hydrogen-bond acceptors (Lipinski definition) is 0. The Labute approximate surface area is 139 Å². The quantitative estimate of drug-likeness (QED) is 0.530. The summed E-state index contributed by atoms with van der Waals surface area (Å²) in [6.07, 6.45) is 16.0. The molecular formula is C23H24. The monoisotopic (exact) mass is 300 g/mol. The normalized spacial score (nSPS) is 20.7. The molecular weight excluding hydrogens is 276 g/mol. The minimum absolute atomic E-state index is 0.651. The molecule has 0 saturated heterocycles. The summed E-state index contributed by atoms with van der Waals surface area (Å²) >= 11 is 0. The fourth-order valence-corrected chi connectivity index (χ4v) is 4.06. The lowest BCUT2D eigenvalue weighted by molar-refractivity contribution is 0.577. The van der Waals surface area contributed by atoms with Crippen molar-refractivity contribution in [2.24, 2.45) is 0 Å². The zero-order chi connectivity index (χ0) is 15.5. The average Bonchev–Trinajstić information content (AvgIpc) is 3.19. The van der Waals surface area contributed by atoms with Crippen LogP contribution in [-0.4, -0.2) is 0 Å². The molecule has 0 spiro atoms. The fraction of sp³-hybridized carbons (Fsp3) is 0.304. The molecule has 23 heavy (non-hydrogen) atoms. The molecule has 0 bridgehead atoms. The Balaban J connectivity index is 1.22. The van der Waals surface area contributed by atoms with Gasteiger partial charge in [-0.25, -0.2) is 0 Å². The maximum absolute atomic E-state index is 2.39.